The van der Waals surface area contributed by atoms with Crippen LogP contribution < -0.4 is 17.2 Å². The van der Waals surface area contributed by atoms with E-state index < -0.39 is 6.03 Å². The summed E-state index contributed by atoms with van der Waals surface area (Å²) in [5.74, 6) is 0. The van der Waals surface area contributed by atoms with Crippen molar-refractivity contribution >= 4 is 6.03 Å². The van der Waals surface area contributed by atoms with Gasteiger partial charge < -0.3 is 17.2 Å². The van der Waals surface area contributed by atoms with Gasteiger partial charge in [-0.25, -0.2) is 4.79 Å². The van der Waals surface area contributed by atoms with Gasteiger partial charge in [-0.3, -0.25) is 0 Å². The van der Waals surface area contributed by atoms with Crippen molar-refractivity contribution < 1.29 is 4.79 Å². The average molecular weight is 91.1 g/mol. The summed E-state index contributed by atoms with van der Waals surface area (Å²) in [6.45, 7) is 0. The molecule has 6 N–H and O–H groups in total. The van der Waals surface area contributed by atoms with Crippen LogP contribution in [0, 0.1) is 0 Å². The van der Waals surface area contributed by atoms with E-state index in [4.69, 9.17) is 0 Å². The average Bonchev–Trinajstić information content (AvgIpc) is 1.38. The number of hydrogen-bond acceptors (Lipinski definition) is 2. The monoisotopic (exact) mass is 91.1 g/mol. The molecular weight excluding hydrogens is 82.0 g/mol. The second-order valence-electron chi connectivity index (χ2n) is 0.614. The number of amides is 2. The van der Waals surface area contributed by atoms with Crippen LogP contribution in [0.25, 0.3) is 0 Å². The Morgan fingerprint density at radius 3 is 2.00 bits per heavy atom. The molecule has 0 fully saturated rings. The molecule has 0 spiro atoms. The van der Waals surface area contributed by atoms with Crippen LogP contribution in [0.1, 0.15) is 0 Å². The summed E-state index contributed by atoms with van der Waals surface area (Å²) in [4.78, 5) is 9.48. The van der Waals surface area contributed by atoms with Crippen LogP contribution in [0.3, 0.4) is 0 Å². The molecule has 2 amide bonds. The second kappa shape index (κ2) is 4.23. The van der Waals surface area contributed by atoms with Gasteiger partial charge in [-0.2, -0.15) is 0 Å². The second-order valence-corrected chi connectivity index (χ2v) is 0.614. The number of carbonyl (C=O) groups excluding carboxylic acids is 1. The van der Waals surface area contributed by atoms with Gasteiger partial charge in [-0.05, 0) is 0 Å². The van der Waals surface area contributed by atoms with Crippen molar-refractivity contribution in [3.63, 3.8) is 0 Å². The van der Waals surface area contributed by atoms with E-state index in [-0.39, 0.29) is 6.15 Å². The maximum absolute atomic E-state index is 9.48. The SMILES string of the molecule is CNC(N)=O.N. The zero-order valence-electron chi connectivity index (χ0n) is 3.69. The first-order valence-electron chi connectivity index (χ1n) is 1.24. The number of urea groups is 1. The number of nitrogens with one attached hydrogen (secondary N) is 1. The molecule has 0 radical (unpaired) electrons. The van der Waals surface area contributed by atoms with E-state index >= 15 is 0 Å². The highest BCUT2D eigenvalue weighted by atomic mass is 16.2. The minimum atomic E-state index is -0.495. The molecule has 4 heteroatoms. The van der Waals surface area contributed by atoms with Gasteiger partial charge in [0.05, 0.1) is 0 Å². The van der Waals surface area contributed by atoms with Crippen LogP contribution in [0.5, 0.6) is 0 Å². The van der Waals surface area contributed by atoms with E-state index in [1.807, 2.05) is 0 Å². The molecule has 0 aliphatic rings. The molecule has 0 aromatic carbocycles. The van der Waals surface area contributed by atoms with Crippen LogP contribution in [0.15, 0.2) is 0 Å². The van der Waals surface area contributed by atoms with Crippen molar-refractivity contribution in [2.45, 2.75) is 0 Å². The zero-order valence-corrected chi connectivity index (χ0v) is 3.69. The fourth-order valence-corrected chi connectivity index (χ4v) is 0. The summed E-state index contributed by atoms with van der Waals surface area (Å²) >= 11 is 0. The van der Waals surface area contributed by atoms with Gasteiger partial charge in [-0.15, -0.1) is 0 Å². The molecule has 6 heavy (non-hydrogen) atoms. The fraction of sp³-hybridized carbons (Fsp3) is 0.500. The molecular formula is C2H9N3O. The minimum Gasteiger partial charge on any atom is -0.352 e. The predicted octanol–water partition coefficient (Wildman–Crippen LogP) is -0.554. The summed E-state index contributed by atoms with van der Waals surface area (Å²) in [6, 6.07) is -0.495. The summed E-state index contributed by atoms with van der Waals surface area (Å²) in [5.41, 5.74) is 4.54. The van der Waals surface area contributed by atoms with Gasteiger partial charge in [-0.1, -0.05) is 0 Å². The number of nitrogens with two attached hydrogens (primary N) is 1. The largest absolute Gasteiger partial charge is 0.352 e. The Labute approximate surface area is 36.3 Å². The lowest BCUT2D eigenvalue weighted by atomic mass is 11.1. The van der Waals surface area contributed by atoms with Crippen LogP contribution in [0.4, 0.5) is 4.79 Å². The van der Waals surface area contributed by atoms with E-state index in [0.29, 0.717) is 0 Å². The quantitative estimate of drug-likeness (QED) is 0.373. The smallest absolute Gasteiger partial charge is 0.311 e. The number of hydrogen-bond donors (Lipinski definition) is 3. The highest BCUT2D eigenvalue weighted by molar-refractivity contribution is 5.71. The lowest BCUT2D eigenvalue weighted by Crippen LogP contribution is -2.24. The summed E-state index contributed by atoms with van der Waals surface area (Å²) in [6.07, 6.45) is 0. The highest BCUT2D eigenvalue weighted by Crippen LogP contribution is 1.38. The van der Waals surface area contributed by atoms with Crippen molar-refractivity contribution in [3.05, 3.63) is 0 Å². The molecule has 4 nitrogen and oxygen atoms in total. The highest BCUT2D eigenvalue weighted by Gasteiger charge is 1.72. The zero-order chi connectivity index (χ0) is 4.28. The van der Waals surface area contributed by atoms with E-state index in [0.717, 1.165) is 0 Å². The van der Waals surface area contributed by atoms with Crippen molar-refractivity contribution in [2.75, 3.05) is 7.05 Å². The number of rotatable bonds is 0. The third-order valence-electron chi connectivity index (χ3n) is 0.246. The first-order chi connectivity index (χ1) is 2.27. The predicted molar refractivity (Wildman–Crippen MR) is 23.7 cm³/mol. The molecule has 0 bridgehead atoms. The third-order valence-corrected chi connectivity index (χ3v) is 0.246. The standard InChI is InChI=1S/C2H6N2O.H3N/c1-4-2(3)5;/h1H3,(H3,3,4,5);1H3. The fourth-order valence-electron chi connectivity index (χ4n) is 0. The molecule has 0 saturated carbocycles. The lowest BCUT2D eigenvalue weighted by Gasteiger charge is -1.80. The van der Waals surface area contributed by atoms with E-state index in [1.54, 1.807) is 0 Å². The summed E-state index contributed by atoms with van der Waals surface area (Å²) < 4.78 is 0. The Balaban J connectivity index is 0. The first kappa shape index (κ1) is 8.97. The van der Waals surface area contributed by atoms with Gasteiger partial charge >= 0.3 is 6.03 Å². The Bertz CT molecular complexity index is 44.1. The molecule has 0 aromatic rings. The van der Waals surface area contributed by atoms with Gasteiger partial charge in [0.1, 0.15) is 0 Å². The van der Waals surface area contributed by atoms with Gasteiger partial charge in [0.25, 0.3) is 0 Å². The Hall–Kier alpha value is -0.770. The third kappa shape index (κ3) is 10.6. The molecule has 38 valence electrons. The molecule has 0 unspecified atom stereocenters. The van der Waals surface area contributed by atoms with Crippen LogP contribution in [-0.4, -0.2) is 13.1 Å². The molecule has 0 aliphatic carbocycles. The number of primary amides is 1. The molecule has 0 aliphatic heterocycles. The van der Waals surface area contributed by atoms with E-state index in [9.17, 15) is 4.79 Å². The molecule has 0 rings (SSSR count). The maximum atomic E-state index is 9.48. The van der Waals surface area contributed by atoms with Gasteiger partial charge in [0.2, 0.25) is 0 Å². The Morgan fingerprint density at radius 1 is 1.83 bits per heavy atom. The maximum Gasteiger partial charge on any atom is 0.311 e. The van der Waals surface area contributed by atoms with E-state index in [1.165, 1.54) is 7.05 Å². The minimum absolute atomic E-state index is 0. The molecule has 0 atom stereocenters. The first-order valence-corrected chi connectivity index (χ1v) is 1.24. The molecule has 0 heterocycles. The molecule has 0 aromatic heterocycles. The van der Waals surface area contributed by atoms with Crippen LogP contribution in [-0.2, 0) is 0 Å². The topological polar surface area (TPSA) is 90.1 Å². The Morgan fingerprint density at radius 2 is 2.00 bits per heavy atom. The van der Waals surface area contributed by atoms with Crippen molar-refractivity contribution in [1.29, 1.82) is 0 Å². The summed E-state index contributed by atoms with van der Waals surface area (Å²) in [5, 5.41) is 2.17. The van der Waals surface area contributed by atoms with Crippen molar-refractivity contribution in [3.8, 4) is 0 Å². The van der Waals surface area contributed by atoms with Gasteiger partial charge in [0, 0.05) is 7.05 Å². The van der Waals surface area contributed by atoms with Crippen molar-refractivity contribution in [1.82, 2.24) is 11.5 Å². The summed E-state index contributed by atoms with van der Waals surface area (Å²) in [7, 11) is 1.47. The van der Waals surface area contributed by atoms with Crippen LogP contribution >= 0.6 is 0 Å². The Kier molecular flexibility index (Phi) is 6.32. The van der Waals surface area contributed by atoms with Crippen LogP contribution in [0.2, 0.25) is 0 Å². The van der Waals surface area contributed by atoms with Crippen molar-refractivity contribution in [2.24, 2.45) is 5.73 Å². The lowest BCUT2D eigenvalue weighted by molar-refractivity contribution is 0.251. The number of carbonyl (C=O) groups is 1. The van der Waals surface area contributed by atoms with Gasteiger partial charge in [0.15, 0.2) is 0 Å². The molecule has 0 saturated heterocycles. The normalized spacial score (nSPS) is 5.50. The van der Waals surface area contributed by atoms with E-state index in [2.05, 4.69) is 11.1 Å².